The van der Waals surface area contributed by atoms with Gasteiger partial charge in [-0.05, 0) is 40.5 Å². The van der Waals surface area contributed by atoms with E-state index < -0.39 is 0 Å². The van der Waals surface area contributed by atoms with E-state index in [9.17, 15) is 9.90 Å². The van der Waals surface area contributed by atoms with Gasteiger partial charge in [0.1, 0.15) is 0 Å². The van der Waals surface area contributed by atoms with E-state index in [-0.39, 0.29) is 12.0 Å². The minimum Gasteiger partial charge on any atom is -0.391 e. The van der Waals surface area contributed by atoms with Crippen LogP contribution in [0.4, 0.5) is 0 Å². The summed E-state index contributed by atoms with van der Waals surface area (Å²) in [7, 11) is 0. The Balaban J connectivity index is 2.23. The number of nitrogens with zero attached hydrogens (tertiary/aromatic N) is 1. The number of amides is 1. The fourth-order valence-electron chi connectivity index (χ4n) is 1.76. The first-order chi connectivity index (χ1) is 7.58. The van der Waals surface area contributed by atoms with Crippen molar-refractivity contribution in [3.63, 3.8) is 0 Å². The maximum atomic E-state index is 12.1. The number of benzene rings is 1. The molecule has 2 rings (SSSR count). The maximum Gasteiger partial charge on any atom is 0.255 e. The number of carbonyl (C=O) groups excluding carboxylic acids is 1. The van der Waals surface area contributed by atoms with E-state index in [1.54, 1.807) is 11.0 Å². The summed E-state index contributed by atoms with van der Waals surface area (Å²) in [6, 6.07) is 5.50. The maximum absolute atomic E-state index is 12.1. The van der Waals surface area contributed by atoms with Crippen molar-refractivity contribution in [1.29, 1.82) is 0 Å². The minimum absolute atomic E-state index is 0.0373. The highest BCUT2D eigenvalue weighted by atomic mass is 79.9. The second kappa shape index (κ2) is 4.85. The number of β-amino-alcohol motifs (C(OH)–C–C–N with tert-alkyl or cyclic N) is 1. The summed E-state index contributed by atoms with van der Waals surface area (Å²) < 4.78 is 1.65. The first-order valence-electron chi connectivity index (χ1n) is 5.00. The van der Waals surface area contributed by atoms with Gasteiger partial charge in [-0.15, -0.1) is 0 Å². The Morgan fingerprint density at radius 3 is 2.81 bits per heavy atom. The fourth-order valence-corrected chi connectivity index (χ4v) is 2.54. The standard InChI is InChI=1S/C11H11Br2NO2/c12-7-1-2-10(13)9(5-7)11(16)14-4-3-8(15)6-14/h1-2,5,8,15H,3-4,6H2. The number of carbonyl (C=O) groups is 1. The Kier molecular flexibility index (Phi) is 3.66. The van der Waals surface area contributed by atoms with Crippen molar-refractivity contribution < 1.29 is 9.90 Å². The first-order valence-corrected chi connectivity index (χ1v) is 6.59. The molecule has 0 saturated carbocycles. The van der Waals surface area contributed by atoms with Gasteiger partial charge in [0.25, 0.3) is 5.91 Å². The highest BCUT2D eigenvalue weighted by Crippen LogP contribution is 2.24. The molecule has 0 radical (unpaired) electrons. The van der Waals surface area contributed by atoms with Crippen LogP contribution in [-0.4, -0.2) is 35.1 Å². The molecule has 0 spiro atoms. The van der Waals surface area contributed by atoms with Crippen molar-refractivity contribution in [3.8, 4) is 0 Å². The van der Waals surface area contributed by atoms with E-state index in [1.165, 1.54) is 0 Å². The molecule has 1 unspecified atom stereocenters. The van der Waals surface area contributed by atoms with Crippen molar-refractivity contribution in [2.75, 3.05) is 13.1 Å². The molecule has 1 aliphatic heterocycles. The largest absolute Gasteiger partial charge is 0.391 e. The monoisotopic (exact) mass is 347 g/mol. The summed E-state index contributed by atoms with van der Waals surface area (Å²) in [4.78, 5) is 13.8. The number of likely N-dealkylation sites (tertiary alicyclic amines) is 1. The molecular weight excluding hydrogens is 338 g/mol. The predicted molar refractivity (Wildman–Crippen MR) is 68.4 cm³/mol. The molecule has 3 nitrogen and oxygen atoms in total. The molecule has 5 heteroatoms. The van der Waals surface area contributed by atoms with Gasteiger partial charge in [0.15, 0.2) is 0 Å². The van der Waals surface area contributed by atoms with E-state index in [4.69, 9.17) is 0 Å². The van der Waals surface area contributed by atoms with Crippen LogP contribution in [0.15, 0.2) is 27.1 Å². The molecule has 1 aromatic rings. The summed E-state index contributed by atoms with van der Waals surface area (Å²) in [5.41, 5.74) is 0.628. The predicted octanol–water partition coefficient (Wildman–Crippen LogP) is 2.42. The highest BCUT2D eigenvalue weighted by molar-refractivity contribution is 9.11. The topological polar surface area (TPSA) is 40.5 Å². The SMILES string of the molecule is O=C(c1cc(Br)ccc1Br)N1CCC(O)C1. The molecule has 1 aromatic carbocycles. The zero-order valence-electron chi connectivity index (χ0n) is 8.49. The summed E-state index contributed by atoms with van der Waals surface area (Å²) in [5, 5.41) is 9.40. The van der Waals surface area contributed by atoms with E-state index in [0.29, 0.717) is 25.1 Å². The lowest BCUT2D eigenvalue weighted by molar-refractivity contribution is 0.0764. The molecular formula is C11H11Br2NO2. The smallest absolute Gasteiger partial charge is 0.255 e. The summed E-state index contributed by atoms with van der Waals surface area (Å²) in [5.74, 6) is -0.0373. The molecule has 86 valence electrons. The van der Waals surface area contributed by atoms with E-state index >= 15 is 0 Å². The van der Waals surface area contributed by atoms with Gasteiger partial charge >= 0.3 is 0 Å². The number of hydrogen-bond donors (Lipinski definition) is 1. The molecule has 16 heavy (non-hydrogen) atoms. The van der Waals surface area contributed by atoms with Crippen molar-refractivity contribution >= 4 is 37.8 Å². The Hall–Kier alpha value is -0.390. The number of hydrogen-bond acceptors (Lipinski definition) is 2. The van der Waals surface area contributed by atoms with Gasteiger partial charge < -0.3 is 10.0 Å². The van der Waals surface area contributed by atoms with Crippen molar-refractivity contribution in [1.82, 2.24) is 4.90 Å². The third-order valence-electron chi connectivity index (χ3n) is 2.61. The average Bonchev–Trinajstić information content (AvgIpc) is 2.67. The lowest BCUT2D eigenvalue weighted by atomic mass is 10.2. The average molecular weight is 349 g/mol. The molecule has 1 amide bonds. The molecule has 0 bridgehead atoms. The summed E-state index contributed by atoms with van der Waals surface area (Å²) >= 11 is 6.71. The van der Waals surface area contributed by atoms with Crippen LogP contribution in [-0.2, 0) is 0 Å². The minimum atomic E-state index is -0.380. The Morgan fingerprint density at radius 2 is 2.19 bits per heavy atom. The normalized spacial score (nSPS) is 20.2. The Morgan fingerprint density at radius 1 is 1.44 bits per heavy atom. The van der Waals surface area contributed by atoms with Gasteiger partial charge in [-0.2, -0.15) is 0 Å². The Labute approximate surface area is 111 Å². The zero-order chi connectivity index (χ0) is 11.7. The van der Waals surface area contributed by atoms with E-state index in [2.05, 4.69) is 31.9 Å². The third kappa shape index (κ3) is 2.47. The molecule has 1 fully saturated rings. The summed E-state index contributed by atoms with van der Waals surface area (Å²) in [6.07, 6.45) is 0.284. The van der Waals surface area contributed by atoms with E-state index in [0.717, 1.165) is 8.95 Å². The number of rotatable bonds is 1. The van der Waals surface area contributed by atoms with Crippen LogP contribution >= 0.6 is 31.9 Å². The van der Waals surface area contributed by atoms with Crippen LogP contribution in [0.3, 0.4) is 0 Å². The fraction of sp³-hybridized carbons (Fsp3) is 0.364. The molecule has 1 saturated heterocycles. The molecule has 0 aromatic heterocycles. The van der Waals surface area contributed by atoms with Crippen LogP contribution in [0.25, 0.3) is 0 Å². The van der Waals surface area contributed by atoms with E-state index in [1.807, 2.05) is 12.1 Å². The Bertz CT molecular complexity index is 422. The zero-order valence-corrected chi connectivity index (χ0v) is 11.7. The van der Waals surface area contributed by atoms with Crippen LogP contribution in [0.2, 0.25) is 0 Å². The lowest BCUT2D eigenvalue weighted by Crippen LogP contribution is -2.29. The number of halogens is 2. The van der Waals surface area contributed by atoms with Gasteiger partial charge in [-0.25, -0.2) is 0 Å². The van der Waals surface area contributed by atoms with Gasteiger partial charge in [0.05, 0.1) is 11.7 Å². The van der Waals surface area contributed by atoms with Gasteiger partial charge in [0.2, 0.25) is 0 Å². The quantitative estimate of drug-likeness (QED) is 0.846. The molecule has 1 N–H and O–H groups in total. The van der Waals surface area contributed by atoms with Crippen LogP contribution in [0.1, 0.15) is 16.8 Å². The molecule has 0 aliphatic carbocycles. The van der Waals surface area contributed by atoms with Crippen molar-refractivity contribution in [3.05, 3.63) is 32.7 Å². The summed E-state index contributed by atoms with van der Waals surface area (Å²) in [6.45, 7) is 1.05. The van der Waals surface area contributed by atoms with Crippen LogP contribution in [0, 0.1) is 0 Å². The molecule has 1 atom stereocenters. The lowest BCUT2D eigenvalue weighted by Gasteiger charge is -2.16. The third-order valence-corrected chi connectivity index (χ3v) is 3.79. The molecule has 1 heterocycles. The number of aliphatic hydroxyl groups excluding tert-OH is 1. The second-order valence-electron chi connectivity index (χ2n) is 3.82. The highest BCUT2D eigenvalue weighted by Gasteiger charge is 2.26. The van der Waals surface area contributed by atoms with Crippen molar-refractivity contribution in [2.24, 2.45) is 0 Å². The van der Waals surface area contributed by atoms with Crippen LogP contribution < -0.4 is 0 Å². The van der Waals surface area contributed by atoms with Gasteiger partial charge in [-0.1, -0.05) is 15.9 Å². The molecule has 1 aliphatic rings. The van der Waals surface area contributed by atoms with Crippen molar-refractivity contribution in [2.45, 2.75) is 12.5 Å². The second-order valence-corrected chi connectivity index (χ2v) is 5.59. The number of aliphatic hydroxyl groups is 1. The van der Waals surface area contributed by atoms with Gasteiger partial charge in [0, 0.05) is 22.0 Å². The van der Waals surface area contributed by atoms with Crippen LogP contribution in [0.5, 0.6) is 0 Å². The van der Waals surface area contributed by atoms with Gasteiger partial charge in [-0.3, -0.25) is 4.79 Å². The first kappa shape index (κ1) is 12.1.